The Labute approximate surface area is 292 Å². The molecule has 0 aliphatic carbocycles. The van der Waals surface area contributed by atoms with Crippen molar-refractivity contribution in [3.8, 4) is 28.2 Å². The molecule has 0 radical (unpaired) electrons. The third kappa shape index (κ3) is 4.15. The molecule has 0 amide bonds. The van der Waals surface area contributed by atoms with Gasteiger partial charge in [0.2, 0.25) is 0 Å². The molecule has 8 aromatic carbocycles. The maximum Gasteiger partial charge on any atom is 0.115 e. The Morgan fingerprint density at radius 1 is 0.333 bits per heavy atom. The number of para-hydroxylation sites is 3. The third-order valence-corrected chi connectivity index (χ3v) is 10.3. The molecule has 0 aliphatic rings. The highest BCUT2D eigenvalue weighted by Crippen LogP contribution is 2.44. The summed E-state index contributed by atoms with van der Waals surface area (Å²) in [5, 5.41) is 17.1. The fourth-order valence-electron chi connectivity index (χ4n) is 8.05. The minimum Gasteiger partial charge on any atom is -0.309 e. The average molecular weight is 652 g/mol. The standard InChI is InChI=1S/C46H29N5/c1-4-14-30(15-5-1)37-28-45-46(36-22-11-10-20-34(36)37)39-27-38-35-21-12-13-23-42(35)50(43(38)29-44(39)49(45)31-16-6-2-7-17-31)33-24-25-40-41(26-33)48-51(47-40)32-18-8-3-9-19-32/h1-29H. The zero-order valence-electron chi connectivity index (χ0n) is 27.5. The smallest absolute Gasteiger partial charge is 0.115 e. The van der Waals surface area contributed by atoms with E-state index in [1.807, 2.05) is 30.3 Å². The van der Waals surface area contributed by atoms with Gasteiger partial charge in [0, 0.05) is 32.9 Å². The summed E-state index contributed by atoms with van der Waals surface area (Å²) in [6, 6.07) is 62.7. The molecule has 0 saturated carbocycles. The minimum atomic E-state index is 0.849. The van der Waals surface area contributed by atoms with Gasteiger partial charge in [-0.25, -0.2) is 0 Å². The first-order chi connectivity index (χ1) is 25.3. The Balaban J connectivity index is 1.25. The van der Waals surface area contributed by atoms with Gasteiger partial charge in [0.05, 0.1) is 27.8 Å². The monoisotopic (exact) mass is 651 g/mol. The van der Waals surface area contributed by atoms with E-state index >= 15 is 0 Å². The summed E-state index contributed by atoms with van der Waals surface area (Å²) in [4.78, 5) is 1.72. The van der Waals surface area contributed by atoms with Crippen molar-refractivity contribution in [2.24, 2.45) is 0 Å². The van der Waals surface area contributed by atoms with Gasteiger partial charge in [0.15, 0.2) is 0 Å². The van der Waals surface area contributed by atoms with Gasteiger partial charge >= 0.3 is 0 Å². The highest BCUT2D eigenvalue weighted by molar-refractivity contribution is 6.27. The highest BCUT2D eigenvalue weighted by Gasteiger charge is 2.21. The summed E-state index contributed by atoms with van der Waals surface area (Å²) in [5.41, 5.74) is 11.9. The van der Waals surface area contributed by atoms with E-state index in [1.165, 1.54) is 54.5 Å². The molecule has 0 unspecified atom stereocenters. The van der Waals surface area contributed by atoms with Crippen LogP contribution in [0.25, 0.3) is 93.6 Å². The first-order valence-corrected chi connectivity index (χ1v) is 17.3. The molecule has 0 bridgehead atoms. The number of benzene rings is 8. The Kier molecular flexibility index (Phi) is 5.89. The van der Waals surface area contributed by atoms with Gasteiger partial charge in [-0.3, -0.25) is 0 Å². The fourth-order valence-corrected chi connectivity index (χ4v) is 8.05. The Hall–Kier alpha value is -6.98. The second-order valence-corrected chi connectivity index (χ2v) is 13.1. The maximum atomic E-state index is 4.90. The van der Waals surface area contributed by atoms with Crippen molar-refractivity contribution in [1.29, 1.82) is 0 Å². The molecule has 11 aromatic rings. The van der Waals surface area contributed by atoms with Crippen molar-refractivity contribution in [3.05, 3.63) is 176 Å². The second-order valence-electron chi connectivity index (χ2n) is 13.1. The van der Waals surface area contributed by atoms with Crippen LogP contribution in [0.1, 0.15) is 0 Å². The quantitative estimate of drug-likeness (QED) is 0.190. The highest BCUT2D eigenvalue weighted by atomic mass is 15.5. The van der Waals surface area contributed by atoms with Crippen LogP contribution in [0.4, 0.5) is 0 Å². The van der Waals surface area contributed by atoms with Gasteiger partial charge in [0.25, 0.3) is 0 Å². The van der Waals surface area contributed by atoms with Crippen molar-refractivity contribution < 1.29 is 0 Å². The van der Waals surface area contributed by atoms with Gasteiger partial charge in [-0.1, -0.05) is 109 Å². The van der Waals surface area contributed by atoms with Crippen molar-refractivity contribution in [2.75, 3.05) is 0 Å². The number of hydrogen-bond acceptors (Lipinski definition) is 2. The van der Waals surface area contributed by atoms with E-state index in [0.29, 0.717) is 0 Å². The maximum absolute atomic E-state index is 4.90. The first-order valence-electron chi connectivity index (χ1n) is 17.3. The summed E-state index contributed by atoms with van der Waals surface area (Å²) in [5.74, 6) is 0. The van der Waals surface area contributed by atoms with Crippen LogP contribution in [0, 0.1) is 0 Å². The lowest BCUT2D eigenvalue weighted by Crippen LogP contribution is -1.97. The molecule has 51 heavy (non-hydrogen) atoms. The normalized spacial score (nSPS) is 11.9. The SMILES string of the molecule is c1ccc(-c2cc3c(c4ccccc24)c2cc4c5ccccc5n(-c5ccc6nn(-c7ccccc7)nc6c5)c4cc2n3-c2ccccc2)cc1. The van der Waals surface area contributed by atoms with E-state index < -0.39 is 0 Å². The van der Waals surface area contributed by atoms with Crippen LogP contribution in [-0.2, 0) is 0 Å². The lowest BCUT2D eigenvalue weighted by molar-refractivity contribution is 0.766. The minimum absolute atomic E-state index is 0.849. The van der Waals surface area contributed by atoms with Crippen LogP contribution in [-0.4, -0.2) is 24.1 Å². The second kappa shape index (κ2) is 10.8. The van der Waals surface area contributed by atoms with Gasteiger partial charge in [-0.15, -0.1) is 10.2 Å². The predicted molar refractivity (Wildman–Crippen MR) is 210 cm³/mol. The van der Waals surface area contributed by atoms with Crippen LogP contribution >= 0.6 is 0 Å². The van der Waals surface area contributed by atoms with Crippen molar-refractivity contribution in [2.45, 2.75) is 0 Å². The van der Waals surface area contributed by atoms with E-state index in [2.05, 4.69) is 155 Å². The summed E-state index contributed by atoms with van der Waals surface area (Å²) >= 11 is 0. The zero-order valence-corrected chi connectivity index (χ0v) is 27.5. The summed E-state index contributed by atoms with van der Waals surface area (Å²) in [7, 11) is 0. The number of nitrogens with zero attached hydrogens (tertiary/aromatic N) is 5. The molecule has 0 atom stereocenters. The fraction of sp³-hybridized carbons (Fsp3) is 0. The van der Waals surface area contributed by atoms with E-state index in [1.54, 1.807) is 4.80 Å². The topological polar surface area (TPSA) is 40.6 Å². The molecule has 0 fully saturated rings. The van der Waals surface area contributed by atoms with Gasteiger partial charge in [-0.05, 0) is 88.6 Å². The molecule has 0 spiro atoms. The summed E-state index contributed by atoms with van der Waals surface area (Å²) in [6.07, 6.45) is 0. The van der Waals surface area contributed by atoms with E-state index in [-0.39, 0.29) is 0 Å². The molecule has 3 aromatic heterocycles. The van der Waals surface area contributed by atoms with Crippen molar-refractivity contribution in [3.63, 3.8) is 0 Å². The van der Waals surface area contributed by atoms with E-state index in [0.717, 1.165) is 39.1 Å². The van der Waals surface area contributed by atoms with Gasteiger partial charge in [0.1, 0.15) is 11.0 Å². The summed E-state index contributed by atoms with van der Waals surface area (Å²) in [6.45, 7) is 0. The molecule has 3 heterocycles. The zero-order chi connectivity index (χ0) is 33.5. The van der Waals surface area contributed by atoms with Gasteiger partial charge < -0.3 is 9.13 Å². The number of rotatable bonds is 4. The molecule has 238 valence electrons. The molecule has 0 saturated heterocycles. The lowest BCUT2D eigenvalue weighted by atomic mass is 9.94. The Morgan fingerprint density at radius 3 is 1.73 bits per heavy atom. The molecule has 5 heteroatoms. The molecule has 5 nitrogen and oxygen atoms in total. The van der Waals surface area contributed by atoms with Crippen LogP contribution in [0.3, 0.4) is 0 Å². The first kappa shape index (κ1) is 27.9. The molecule has 0 N–H and O–H groups in total. The van der Waals surface area contributed by atoms with E-state index in [9.17, 15) is 0 Å². The largest absolute Gasteiger partial charge is 0.309 e. The number of fused-ring (bicyclic) bond motifs is 9. The molecule has 11 rings (SSSR count). The summed E-state index contributed by atoms with van der Waals surface area (Å²) < 4.78 is 4.82. The van der Waals surface area contributed by atoms with Crippen LogP contribution in [0.2, 0.25) is 0 Å². The molecular weight excluding hydrogens is 623 g/mol. The van der Waals surface area contributed by atoms with Crippen LogP contribution in [0.15, 0.2) is 176 Å². The van der Waals surface area contributed by atoms with Crippen molar-refractivity contribution >= 4 is 65.4 Å². The lowest BCUT2D eigenvalue weighted by Gasteiger charge is -2.12. The van der Waals surface area contributed by atoms with Crippen molar-refractivity contribution in [1.82, 2.24) is 24.1 Å². The Morgan fingerprint density at radius 2 is 0.941 bits per heavy atom. The average Bonchev–Trinajstić information content (AvgIpc) is 3.87. The van der Waals surface area contributed by atoms with E-state index in [4.69, 9.17) is 10.2 Å². The number of aromatic nitrogens is 5. The van der Waals surface area contributed by atoms with Crippen LogP contribution in [0.5, 0.6) is 0 Å². The Bertz CT molecular complexity index is 3120. The van der Waals surface area contributed by atoms with Crippen LogP contribution < -0.4 is 0 Å². The molecule has 0 aliphatic heterocycles. The number of hydrogen-bond donors (Lipinski definition) is 0. The predicted octanol–water partition coefficient (Wildman–Crippen LogP) is 11.4. The third-order valence-electron chi connectivity index (χ3n) is 10.3. The molecular formula is C46H29N5. The van der Waals surface area contributed by atoms with Gasteiger partial charge in [-0.2, -0.15) is 4.80 Å².